The number of para-hydroxylation sites is 1. The summed E-state index contributed by atoms with van der Waals surface area (Å²) in [5, 5.41) is 9.12. The van der Waals surface area contributed by atoms with Gasteiger partial charge in [-0.25, -0.2) is 9.37 Å². The second-order valence-electron chi connectivity index (χ2n) is 4.76. The Morgan fingerprint density at radius 3 is 2.75 bits per heavy atom. The van der Waals surface area contributed by atoms with E-state index in [1.807, 2.05) is 30.7 Å². The number of nitriles is 1. The van der Waals surface area contributed by atoms with Gasteiger partial charge >= 0.3 is 0 Å². The highest BCUT2D eigenvalue weighted by Crippen LogP contribution is 2.27. The first-order valence-electron chi connectivity index (χ1n) is 6.24. The number of halogens is 1. The van der Waals surface area contributed by atoms with Gasteiger partial charge in [0, 0.05) is 7.05 Å². The second-order valence-corrected chi connectivity index (χ2v) is 4.76. The van der Waals surface area contributed by atoms with Crippen molar-refractivity contribution in [2.45, 2.75) is 6.92 Å². The first kappa shape index (κ1) is 12.4. The first-order valence-corrected chi connectivity index (χ1v) is 6.24. The summed E-state index contributed by atoms with van der Waals surface area (Å²) in [5.74, 6) is 0.224. The Balaban J connectivity index is 2.33. The lowest BCUT2D eigenvalue weighted by atomic mass is 10.1. The maximum absolute atomic E-state index is 14.1. The average Bonchev–Trinajstić information content (AvgIpc) is 2.76. The van der Waals surface area contributed by atoms with Crippen molar-refractivity contribution in [1.82, 2.24) is 9.55 Å². The summed E-state index contributed by atoms with van der Waals surface area (Å²) < 4.78 is 15.9. The molecule has 0 atom stereocenters. The SMILES string of the molecule is Cc1ccc(-c2nc3c(C#N)cccc3n2C)c(F)c1. The predicted molar refractivity (Wildman–Crippen MR) is 75.6 cm³/mol. The molecule has 0 bridgehead atoms. The minimum absolute atomic E-state index is 0.304. The highest BCUT2D eigenvalue weighted by Gasteiger charge is 2.15. The number of aryl methyl sites for hydroxylation is 2. The molecule has 3 aromatic rings. The number of benzene rings is 2. The summed E-state index contributed by atoms with van der Waals surface area (Å²) in [6.45, 7) is 1.84. The smallest absolute Gasteiger partial charge is 0.143 e. The molecule has 4 heteroatoms. The molecule has 0 saturated carbocycles. The Hall–Kier alpha value is -2.67. The number of hydrogen-bond acceptors (Lipinski definition) is 2. The Kier molecular flexibility index (Phi) is 2.76. The van der Waals surface area contributed by atoms with E-state index in [2.05, 4.69) is 11.1 Å². The van der Waals surface area contributed by atoms with Gasteiger partial charge in [0.1, 0.15) is 23.2 Å². The normalized spacial score (nSPS) is 10.7. The molecule has 0 fully saturated rings. The highest BCUT2D eigenvalue weighted by molar-refractivity contribution is 5.85. The third-order valence-corrected chi connectivity index (χ3v) is 3.40. The monoisotopic (exact) mass is 265 g/mol. The summed E-state index contributed by atoms with van der Waals surface area (Å²) in [6.07, 6.45) is 0. The molecule has 0 spiro atoms. The van der Waals surface area contributed by atoms with Gasteiger partial charge in [0.15, 0.2) is 0 Å². The van der Waals surface area contributed by atoms with Gasteiger partial charge in [-0.1, -0.05) is 12.1 Å². The van der Waals surface area contributed by atoms with E-state index in [4.69, 9.17) is 5.26 Å². The molecule has 20 heavy (non-hydrogen) atoms. The van der Waals surface area contributed by atoms with Crippen molar-refractivity contribution in [2.24, 2.45) is 7.05 Å². The Morgan fingerprint density at radius 2 is 2.05 bits per heavy atom. The fraction of sp³-hybridized carbons (Fsp3) is 0.125. The number of nitrogens with zero attached hydrogens (tertiary/aromatic N) is 3. The van der Waals surface area contributed by atoms with Crippen LogP contribution in [-0.2, 0) is 7.05 Å². The molecule has 0 radical (unpaired) electrons. The van der Waals surface area contributed by atoms with Gasteiger partial charge in [-0.05, 0) is 36.8 Å². The average molecular weight is 265 g/mol. The molecule has 0 amide bonds. The molecule has 1 heterocycles. The lowest BCUT2D eigenvalue weighted by Crippen LogP contribution is -1.95. The largest absolute Gasteiger partial charge is 0.327 e. The van der Waals surface area contributed by atoms with Gasteiger partial charge in [-0.2, -0.15) is 5.26 Å². The molecule has 3 rings (SSSR count). The highest BCUT2D eigenvalue weighted by atomic mass is 19.1. The Labute approximate surface area is 115 Å². The zero-order chi connectivity index (χ0) is 14.3. The van der Waals surface area contributed by atoms with E-state index in [1.165, 1.54) is 6.07 Å². The number of rotatable bonds is 1. The van der Waals surface area contributed by atoms with Crippen LogP contribution < -0.4 is 0 Å². The molecular weight excluding hydrogens is 253 g/mol. The summed E-state index contributed by atoms with van der Waals surface area (Å²) >= 11 is 0. The molecule has 1 aromatic heterocycles. The van der Waals surface area contributed by atoms with E-state index in [0.717, 1.165) is 11.1 Å². The second kappa shape index (κ2) is 4.46. The van der Waals surface area contributed by atoms with Crippen molar-refractivity contribution in [3.8, 4) is 17.5 Å². The lowest BCUT2D eigenvalue weighted by molar-refractivity contribution is 0.628. The van der Waals surface area contributed by atoms with E-state index in [0.29, 0.717) is 22.5 Å². The van der Waals surface area contributed by atoms with Crippen LogP contribution in [0.5, 0.6) is 0 Å². The minimum Gasteiger partial charge on any atom is -0.327 e. The summed E-state index contributed by atoms with van der Waals surface area (Å²) in [6, 6.07) is 12.6. The van der Waals surface area contributed by atoms with Crippen molar-refractivity contribution in [3.05, 3.63) is 53.3 Å². The molecule has 0 aliphatic heterocycles. The third kappa shape index (κ3) is 1.76. The Morgan fingerprint density at radius 1 is 1.25 bits per heavy atom. The van der Waals surface area contributed by atoms with Crippen LogP contribution in [0, 0.1) is 24.1 Å². The zero-order valence-electron chi connectivity index (χ0n) is 11.2. The van der Waals surface area contributed by atoms with Crippen molar-refractivity contribution < 1.29 is 4.39 Å². The summed E-state index contributed by atoms with van der Waals surface area (Å²) in [4.78, 5) is 4.44. The predicted octanol–water partition coefficient (Wildman–Crippen LogP) is 3.56. The quantitative estimate of drug-likeness (QED) is 0.675. The lowest BCUT2D eigenvalue weighted by Gasteiger charge is -2.04. The minimum atomic E-state index is -0.304. The van der Waals surface area contributed by atoms with Gasteiger partial charge < -0.3 is 4.57 Å². The molecule has 0 saturated heterocycles. The van der Waals surface area contributed by atoms with Crippen molar-refractivity contribution in [2.75, 3.05) is 0 Å². The molecule has 0 N–H and O–H groups in total. The molecule has 0 unspecified atom stereocenters. The number of hydrogen-bond donors (Lipinski definition) is 0. The molecule has 0 aliphatic carbocycles. The van der Waals surface area contributed by atoms with Crippen LogP contribution in [0.4, 0.5) is 4.39 Å². The van der Waals surface area contributed by atoms with Crippen LogP contribution in [-0.4, -0.2) is 9.55 Å². The van der Waals surface area contributed by atoms with E-state index < -0.39 is 0 Å². The van der Waals surface area contributed by atoms with E-state index in [-0.39, 0.29) is 5.82 Å². The summed E-state index contributed by atoms with van der Waals surface area (Å²) in [7, 11) is 1.82. The Bertz CT molecular complexity index is 856. The van der Waals surface area contributed by atoms with Crippen molar-refractivity contribution in [3.63, 3.8) is 0 Å². The number of fused-ring (bicyclic) bond motifs is 1. The number of imidazole rings is 1. The molecule has 3 nitrogen and oxygen atoms in total. The number of aromatic nitrogens is 2. The van der Waals surface area contributed by atoms with Crippen molar-refractivity contribution >= 4 is 11.0 Å². The van der Waals surface area contributed by atoms with Crippen LogP contribution in [0.3, 0.4) is 0 Å². The molecule has 0 aliphatic rings. The molecular formula is C16H12FN3. The van der Waals surface area contributed by atoms with Gasteiger partial charge in [-0.15, -0.1) is 0 Å². The summed E-state index contributed by atoms with van der Waals surface area (Å²) in [5.41, 5.74) is 3.23. The van der Waals surface area contributed by atoms with Crippen LogP contribution in [0.2, 0.25) is 0 Å². The van der Waals surface area contributed by atoms with Crippen LogP contribution in [0.1, 0.15) is 11.1 Å². The standard InChI is InChI=1S/C16H12FN3/c1-10-6-7-12(13(17)8-10)16-19-15-11(9-18)4-3-5-14(15)20(16)2/h3-8H,1-2H3. The third-order valence-electron chi connectivity index (χ3n) is 3.40. The maximum atomic E-state index is 14.1. The van der Waals surface area contributed by atoms with Gasteiger partial charge in [0.05, 0.1) is 16.6 Å². The van der Waals surface area contributed by atoms with E-state index >= 15 is 0 Å². The maximum Gasteiger partial charge on any atom is 0.143 e. The van der Waals surface area contributed by atoms with Crippen LogP contribution in [0.25, 0.3) is 22.4 Å². The van der Waals surface area contributed by atoms with Gasteiger partial charge in [-0.3, -0.25) is 0 Å². The first-order chi connectivity index (χ1) is 9.61. The van der Waals surface area contributed by atoms with Gasteiger partial charge in [0.2, 0.25) is 0 Å². The zero-order valence-corrected chi connectivity index (χ0v) is 11.2. The fourth-order valence-electron chi connectivity index (χ4n) is 2.35. The van der Waals surface area contributed by atoms with E-state index in [9.17, 15) is 4.39 Å². The molecule has 2 aromatic carbocycles. The molecule has 98 valence electrons. The van der Waals surface area contributed by atoms with Gasteiger partial charge in [0.25, 0.3) is 0 Å². The van der Waals surface area contributed by atoms with Crippen molar-refractivity contribution in [1.29, 1.82) is 5.26 Å². The van der Waals surface area contributed by atoms with E-state index in [1.54, 1.807) is 18.2 Å². The topological polar surface area (TPSA) is 41.6 Å². The van der Waals surface area contributed by atoms with Crippen LogP contribution >= 0.6 is 0 Å². The fourth-order valence-corrected chi connectivity index (χ4v) is 2.35. The van der Waals surface area contributed by atoms with Crippen LogP contribution in [0.15, 0.2) is 36.4 Å².